The van der Waals surface area contributed by atoms with Crippen LogP contribution in [0.25, 0.3) is 0 Å². The first-order valence-corrected chi connectivity index (χ1v) is 3.70. The topological polar surface area (TPSA) is 41.6 Å². The maximum absolute atomic E-state index is 3.86. The van der Waals surface area contributed by atoms with Crippen molar-refractivity contribution in [2.45, 2.75) is 6.92 Å². The zero-order chi connectivity index (χ0) is 8.65. The molecule has 1 N–H and O–H groups in total. The highest BCUT2D eigenvalue weighted by molar-refractivity contribution is 4.88. The van der Waals surface area contributed by atoms with E-state index in [1.807, 2.05) is 25.1 Å². The smallest absolute Gasteiger partial charge is 0.102 e. The maximum Gasteiger partial charge on any atom is 0.102 e. The SMILES string of the molecule is Cc1ncc[nH]1.c1ccncc1. The molecule has 2 aromatic rings. The second-order valence-corrected chi connectivity index (χ2v) is 2.20. The Morgan fingerprint density at radius 1 is 1.08 bits per heavy atom. The lowest BCUT2D eigenvalue weighted by Gasteiger charge is -1.70. The van der Waals surface area contributed by atoms with E-state index in [2.05, 4.69) is 15.0 Å². The molecule has 0 aliphatic rings. The van der Waals surface area contributed by atoms with Crippen molar-refractivity contribution in [3.05, 3.63) is 48.8 Å². The summed E-state index contributed by atoms with van der Waals surface area (Å²) >= 11 is 0. The lowest BCUT2D eigenvalue weighted by Crippen LogP contribution is -1.66. The van der Waals surface area contributed by atoms with Crippen molar-refractivity contribution in [3.63, 3.8) is 0 Å². The third-order valence-electron chi connectivity index (χ3n) is 1.20. The molecule has 0 saturated heterocycles. The van der Waals surface area contributed by atoms with Gasteiger partial charge in [-0.1, -0.05) is 6.07 Å². The van der Waals surface area contributed by atoms with Crippen molar-refractivity contribution < 1.29 is 0 Å². The first-order valence-electron chi connectivity index (χ1n) is 3.70. The largest absolute Gasteiger partial charge is 0.349 e. The van der Waals surface area contributed by atoms with Crippen LogP contribution in [0.2, 0.25) is 0 Å². The Morgan fingerprint density at radius 2 is 1.83 bits per heavy atom. The van der Waals surface area contributed by atoms with E-state index in [0.29, 0.717) is 0 Å². The number of hydrogen-bond acceptors (Lipinski definition) is 2. The highest BCUT2D eigenvalue weighted by atomic mass is 14.9. The summed E-state index contributed by atoms with van der Waals surface area (Å²) in [6.07, 6.45) is 7.03. The number of hydrogen-bond donors (Lipinski definition) is 1. The van der Waals surface area contributed by atoms with E-state index in [0.717, 1.165) is 5.82 Å². The number of pyridine rings is 1. The molecule has 0 unspecified atom stereocenters. The van der Waals surface area contributed by atoms with Gasteiger partial charge in [0.05, 0.1) is 0 Å². The minimum absolute atomic E-state index is 0.968. The van der Waals surface area contributed by atoms with Crippen LogP contribution in [-0.4, -0.2) is 15.0 Å². The molecule has 0 aromatic carbocycles. The summed E-state index contributed by atoms with van der Waals surface area (Å²) in [7, 11) is 0. The van der Waals surface area contributed by atoms with Crippen molar-refractivity contribution >= 4 is 0 Å². The highest BCUT2D eigenvalue weighted by Gasteiger charge is 1.73. The number of aryl methyl sites for hydroxylation is 1. The molecule has 0 saturated carbocycles. The van der Waals surface area contributed by atoms with Crippen molar-refractivity contribution in [1.82, 2.24) is 15.0 Å². The van der Waals surface area contributed by atoms with E-state index in [4.69, 9.17) is 0 Å². The Kier molecular flexibility index (Phi) is 3.57. The molecular weight excluding hydrogens is 150 g/mol. The number of nitrogens with zero attached hydrogens (tertiary/aromatic N) is 2. The molecule has 3 heteroatoms. The summed E-state index contributed by atoms with van der Waals surface area (Å²) in [5.74, 6) is 0.968. The third-order valence-corrected chi connectivity index (χ3v) is 1.20. The molecule has 0 spiro atoms. The zero-order valence-electron chi connectivity index (χ0n) is 6.94. The minimum Gasteiger partial charge on any atom is -0.349 e. The maximum atomic E-state index is 3.86. The van der Waals surface area contributed by atoms with Gasteiger partial charge in [-0.25, -0.2) is 4.98 Å². The standard InChI is InChI=1S/C5H5N.C4H6N2/c1-2-4-6-5-3-1;1-4-5-2-3-6-4/h1-5H;2-3H,1H3,(H,5,6). The summed E-state index contributed by atoms with van der Waals surface area (Å²) in [4.78, 5) is 10.5. The van der Waals surface area contributed by atoms with Crippen LogP contribution in [0.5, 0.6) is 0 Å². The fourth-order valence-electron chi connectivity index (χ4n) is 0.657. The summed E-state index contributed by atoms with van der Waals surface area (Å²) in [6, 6.07) is 5.72. The van der Waals surface area contributed by atoms with Gasteiger partial charge in [0.25, 0.3) is 0 Å². The number of H-pyrrole nitrogens is 1. The third kappa shape index (κ3) is 3.51. The average molecular weight is 161 g/mol. The zero-order valence-corrected chi connectivity index (χ0v) is 6.94. The quantitative estimate of drug-likeness (QED) is 0.640. The van der Waals surface area contributed by atoms with Gasteiger partial charge in [-0.05, 0) is 19.1 Å². The molecule has 3 nitrogen and oxygen atoms in total. The van der Waals surface area contributed by atoms with E-state index in [1.54, 1.807) is 24.8 Å². The van der Waals surface area contributed by atoms with E-state index in [-0.39, 0.29) is 0 Å². The average Bonchev–Trinajstić information content (AvgIpc) is 2.60. The summed E-state index contributed by atoms with van der Waals surface area (Å²) in [5.41, 5.74) is 0. The first kappa shape index (κ1) is 8.46. The van der Waals surface area contributed by atoms with E-state index in [1.165, 1.54) is 0 Å². The number of rotatable bonds is 0. The lowest BCUT2D eigenvalue weighted by atomic mass is 10.5. The summed E-state index contributed by atoms with van der Waals surface area (Å²) in [6.45, 7) is 1.92. The van der Waals surface area contributed by atoms with Crippen molar-refractivity contribution in [2.24, 2.45) is 0 Å². The number of nitrogens with one attached hydrogen (secondary N) is 1. The fourth-order valence-corrected chi connectivity index (χ4v) is 0.657. The van der Waals surface area contributed by atoms with Crippen LogP contribution in [0.15, 0.2) is 43.0 Å². The van der Waals surface area contributed by atoms with Crippen LogP contribution in [-0.2, 0) is 0 Å². The number of aromatic amines is 1. The molecule has 12 heavy (non-hydrogen) atoms. The lowest BCUT2D eigenvalue weighted by molar-refractivity contribution is 1.15. The molecule has 62 valence electrons. The molecule has 0 radical (unpaired) electrons. The molecule has 0 amide bonds. The Balaban J connectivity index is 0.000000120. The van der Waals surface area contributed by atoms with Crippen molar-refractivity contribution in [3.8, 4) is 0 Å². The Hall–Kier alpha value is -1.64. The second-order valence-electron chi connectivity index (χ2n) is 2.20. The van der Waals surface area contributed by atoms with Crippen LogP contribution in [0, 0.1) is 6.92 Å². The van der Waals surface area contributed by atoms with Gasteiger partial charge < -0.3 is 4.98 Å². The molecule has 0 atom stereocenters. The molecule has 0 aliphatic heterocycles. The molecule has 0 aliphatic carbocycles. The minimum atomic E-state index is 0.968. The molecule has 2 heterocycles. The molecular formula is C9H11N3. The Bertz CT molecular complexity index is 249. The van der Waals surface area contributed by atoms with Gasteiger partial charge in [-0.2, -0.15) is 0 Å². The summed E-state index contributed by atoms with van der Waals surface area (Å²) < 4.78 is 0. The van der Waals surface area contributed by atoms with Crippen LogP contribution in [0.1, 0.15) is 5.82 Å². The van der Waals surface area contributed by atoms with Crippen LogP contribution in [0.3, 0.4) is 0 Å². The number of imidazole rings is 1. The van der Waals surface area contributed by atoms with E-state index >= 15 is 0 Å². The highest BCUT2D eigenvalue weighted by Crippen LogP contribution is 1.78. The Labute approximate surface area is 71.5 Å². The van der Waals surface area contributed by atoms with Crippen LogP contribution < -0.4 is 0 Å². The van der Waals surface area contributed by atoms with Crippen molar-refractivity contribution in [1.29, 1.82) is 0 Å². The number of aromatic nitrogens is 3. The normalized spacial score (nSPS) is 8.42. The van der Waals surface area contributed by atoms with E-state index < -0.39 is 0 Å². The van der Waals surface area contributed by atoms with Gasteiger partial charge >= 0.3 is 0 Å². The van der Waals surface area contributed by atoms with Crippen molar-refractivity contribution in [2.75, 3.05) is 0 Å². The second kappa shape index (κ2) is 5.07. The fraction of sp³-hybridized carbons (Fsp3) is 0.111. The van der Waals surface area contributed by atoms with Gasteiger partial charge in [0, 0.05) is 24.8 Å². The predicted molar refractivity (Wildman–Crippen MR) is 47.6 cm³/mol. The monoisotopic (exact) mass is 161 g/mol. The van der Waals surface area contributed by atoms with Gasteiger partial charge in [0.1, 0.15) is 5.82 Å². The van der Waals surface area contributed by atoms with Gasteiger partial charge in [-0.15, -0.1) is 0 Å². The Morgan fingerprint density at radius 3 is 2.00 bits per heavy atom. The molecule has 2 rings (SSSR count). The van der Waals surface area contributed by atoms with Gasteiger partial charge in [0.15, 0.2) is 0 Å². The van der Waals surface area contributed by atoms with Crippen LogP contribution in [0.4, 0.5) is 0 Å². The van der Waals surface area contributed by atoms with Gasteiger partial charge in [-0.3, -0.25) is 4.98 Å². The van der Waals surface area contributed by atoms with Crippen LogP contribution >= 0.6 is 0 Å². The summed E-state index contributed by atoms with van der Waals surface area (Å²) in [5, 5.41) is 0. The van der Waals surface area contributed by atoms with Gasteiger partial charge in [0.2, 0.25) is 0 Å². The van der Waals surface area contributed by atoms with E-state index in [9.17, 15) is 0 Å². The molecule has 2 aromatic heterocycles. The molecule has 0 fully saturated rings. The predicted octanol–water partition coefficient (Wildman–Crippen LogP) is 1.80. The molecule has 0 bridgehead atoms. The first-order chi connectivity index (χ1) is 5.89.